The lowest BCUT2D eigenvalue weighted by molar-refractivity contribution is -0.105. The Morgan fingerprint density at radius 1 is 1.27 bits per heavy atom. The Kier molecular flexibility index (Phi) is 4.10. The van der Waals surface area contributed by atoms with Crippen LogP contribution in [0.3, 0.4) is 0 Å². The summed E-state index contributed by atoms with van der Waals surface area (Å²) in [5, 5.41) is 0. The Bertz CT molecular complexity index is 347. The smallest absolute Gasteiger partial charge is 0.146 e. The zero-order chi connectivity index (χ0) is 11.3. The molecule has 0 saturated carbocycles. The van der Waals surface area contributed by atoms with E-state index in [1.165, 1.54) is 0 Å². The molecule has 15 heavy (non-hydrogen) atoms. The molecule has 80 valence electrons. The second-order valence-corrected chi connectivity index (χ2v) is 3.69. The fourth-order valence-electron chi connectivity index (χ4n) is 1.23. The summed E-state index contributed by atoms with van der Waals surface area (Å²) in [6.07, 6.45) is 2.81. The summed E-state index contributed by atoms with van der Waals surface area (Å²) >= 11 is 0. The van der Waals surface area contributed by atoms with E-state index in [1.54, 1.807) is 7.11 Å². The summed E-state index contributed by atoms with van der Waals surface area (Å²) in [6, 6.07) is 7.64. The van der Waals surface area contributed by atoms with Crippen LogP contribution in [0.5, 0.6) is 5.75 Å². The van der Waals surface area contributed by atoms with Crippen molar-refractivity contribution in [2.75, 3.05) is 7.11 Å². The van der Waals surface area contributed by atoms with E-state index in [0.29, 0.717) is 0 Å². The number of allylic oxidation sites excluding steroid dienone is 1. The van der Waals surface area contributed by atoms with Crippen LogP contribution in [0, 0.1) is 5.92 Å². The lowest BCUT2D eigenvalue weighted by Gasteiger charge is -2.04. The minimum atomic E-state index is 0.254. The van der Waals surface area contributed by atoms with Crippen LogP contribution in [0.4, 0.5) is 0 Å². The second kappa shape index (κ2) is 5.35. The van der Waals surface area contributed by atoms with Crippen LogP contribution >= 0.6 is 0 Å². The van der Waals surface area contributed by atoms with E-state index in [4.69, 9.17) is 4.74 Å². The van der Waals surface area contributed by atoms with Gasteiger partial charge < -0.3 is 4.74 Å². The Labute approximate surface area is 90.6 Å². The van der Waals surface area contributed by atoms with Crippen molar-refractivity contribution in [1.82, 2.24) is 0 Å². The summed E-state index contributed by atoms with van der Waals surface area (Å²) in [5.74, 6) is 1.08. The Hall–Kier alpha value is -1.57. The van der Waals surface area contributed by atoms with Crippen molar-refractivity contribution < 1.29 is 9.53 Å². The largest absolute Gasteiger partial charge is 0.497 e. The SMILES string of the molecule is COc1ccc(/C=C(/C=O)C(C)C)cc1. The van der Waals surface area contributed by atoms with Crippen LogP contribution < -0.4 is 4.74 Å². The van der Waals surface area contributed by atoms with Crippen LogP contribution in [0.25, 0.3) is 6.08 Å². The molecule has 0 aliphatic heterocycles. The molecule has 0 heterocycles. The third kappa shape index (κ3) is 3.24. The molecule has 1 aromatic carbocycles. The number of hydrogen-bond acceptors (Lipinski definition) is 2. The number of benzene rings is 1. The van der Waals surface area contributed by atoms with Crippen molar-refractivity contribution in [3.63, 3.8) is 0 Å². The molecule has 0 atom stereocenters. The summed E-state index contributed by atoms with van der Waals surface area (Å²) in [7, 11) is 1.63. The normalized spacial score (nSPS) is 11.6. The third-order valence-corrected chi connectivity index (χ3v) is 2.25. The maximum absolute atomic E-state index is 10.8. The highest BCUT2D eigenvalue weighted by atomic mass is 16.5. The molecular formula is C13H16O2. The predicted octanol–water partition coefficient (Wildman–Crippen LogP) is 2.93. The molecule has 0 bridgehead atoms. The Morgan fingerprint density at radius 3 is 2.27 bits per heavy atom. The van der Waals surface area contributed by atoms with Gasteiger partial charge in [-0.15, -0.1) is 0 Å². The first-order valence-corrected chi connectivity index (χ1v) is 4.98. The average Bonchev–Trinajstić information content (AvgIpc) is 2.26. The minimum Gasteiger partial charge on any atom is -0.497 e. The van der Waals surface area contributed by atoms with E-state index >= 15 is 0 Å². The van der Waals surface area contributed by atoms with Gasteiger partial charge in [0.1, 0.15) is 12.0 Å². The van der Waals surface area contributed by atoms with Gasteiger partial charge in [0.25, 0.3) is 0 Å². The average molecular weight is 204 g/mol. The van der Waals surface area contributed by atoms with Gasteiger partial charge in [0.2, 0.25) is 0 Å². The number of methoxy groups -OCH3 is 1. The Balaban J connectivity index is 2.91. The van der Waals surface area contributed by atoms with Gasteiger partial charge in [-0.25, -0.2) is 0 Å². The summed E-state index contributed by atoms with van der Waals surface area (Å²) in [5.41, 5.74) is 1.83. The van der Waals surface area contributed by atoms with Crippen LogP contribution in [0.2, 0.25) is 0 Å². The maximum atomic E-state index is 10.8. The number of rotatable bonds is 4. The van der Waals surface area contributed by atoms with E-state index in [0.717, 1.165) is 23.2 Å². The van der Waals surface area contributed by atoms with Crippen molar-refractivity contribution in [3.05, 3.63) is 35.4 Å². The van der Waals surface area contributed by atoms with E-state index in [9.17, 15) is 4.79 Å². The van der Waals surface area contributed by atoms with Crippen LogP contribution in [0.1, 0.15) is 19.4 Å². The first kappa shape index (κ1) is 11.5. The second-order valence-electron chi connectivity index (χ2n) is 3.69. The molecule has 0 saturated heterocycles. The summed E-state index contributed by atoms with van der Waals surface area (Å²) in [4.78, 5) is 10.8. The molecule has 0 fully saturated rings. The van der Waals surface area contributed by atoms with Gasteiger partial charge in [0.05, 0.1) is 7.11 Å². The quantitative estimate of drug-likeness (QED) is 0.556. The van der Waals surface area contributed by atoms with Gasteiger partial charge >= 0.3 is 0 Å². The molecule has 0 aliphatic carbocycles. The first-order chi connectivity index (χ1) is 7.17. The lowest BCUT2D eigenvalue weighted by atomic mass is 10.0. The molecule has 1 rings (SSSR count). The van der Waals surface area contributed by atoms with E-state index in [-0.39, 0.29) is 5.92 Å². The van der Waals surface area contributed by atoms with E-state index < -0.39 is 0 Å². The first-order valence-electron chi connectivity index (χ1n) is 4.98. The van der Waals surface area contributed by atoms with E-state index in [1.807, 2.05) is 44.2 Å². The molecule has 0 unspecified atom stereocenters. The zero-order valence-electron chi connectivity index (χ0n) is 9.36. The third-order valence-electron chi connectivity index (χ3n) is 2.25. The van der Waals surface area contributed by atoms with Gasteiger partial charge in [0, 0.05) is 0 Å². The highest BCUT2D eigenvalue weighted by Gasteiger charge is 2.01. The number of ether oxygens (including phenoxy) is 1. The van der Waals surface area contributed by atoms with Gasteiger partial charge in [-0.1, -0.05) is 26.0 Å². The molecule has 0 spiro atoms. The molecule has 1 aromatic rings. The molecule has 0 aromatic heterocycles. The van der Waals surface area contributed by atoms with Crippen molar-refractivity contribution >= 4 is 12.4 Å². The highest BCUT2D eigenvalue weighted by Crippen LogP contribution is 2.16. The fourth-order valence-corrected chi connectivity index (χ4v) is 1.23. The van der Waals surface area contributed by atoms with Crippen molar-refractivity contribution in [2.24, 2.45) is 5.92 Å². The van der Waals surface area contributed by atoms with Gasteiger partial charge in [-0.2, -0.15) is 0 Å². The summed E-state index contributed by atoms with van der Waals surface area (Å²) in [6.45, 7) is 4.01. The monoisotopic (exact) mass is 204 g/mol. The fraction of sp³-hybridized carbons (Fsp3) is 0.308. The summed E-state index contributed by atoms with van der Waals surface area (Å²) < 4.78 is 5.06. The lowest BCUT2D eigenvalue weighted by Crippen LogP contribution is -1.94. The molecule has 0 aliphatic rings. The van der Waals surface area contributed by atoms with Gasteiger partial charge in [0.15, 0.2) is 0 Å². The molecule has 0 N–H and O–H groups in total. The topological polar surface area (TPSA) is 26.3 Å². The molecule has 2 nitrogen and oxygen atoms in total. The van der Waals surface area contributed by atoms with Crippen LogP contribution in [0.15, 0.2) is 29.8 Å². The predicted molar refractivity (Wildman–Crippen MR) is 61.9 cm³/mol. The van der Waals surface area contributed by atoms with Gasteiger partial charge in [-0.3, -0.25) is 4.79 Å². The number of carbonyl (C=O) groups excluding carboxylic acids is 1. The van der Waals surface area contributed by atoms with Crippen molar-refractivity contribution in [3.8, 4) is 5.75 Å². The van der Waals surface area contributed by atoms with Crippen molar-refractivity contribution in [1.29, 1.82) is 0 Å². The van der Waals surface area contributed by atoms with Crippen LogP contribution in [-0.2, 0) is 4.79 Å². The molecule has 0 radical (unpaired) electrons. The van der Waals surface area contributed by atoms with Gasteiger partial charge in [-0.05, 0) is 35.3 Å². The van der Waals surface area contributed by atoms with E-state index in [2.05, 4.69) is 0 Å². The molecule has 2 heteroatoms. The zero-order valence-corrected chi connectivity index (χ0v) is 9.36. The number of hydrogen-bond donors (Lipinski definition) is 0. The Morgan fingerprint density at radius 2 is 1.87 bits per heavy atom. The molecular weight excluding hydrogens is 188 g/mol. The minimum absolute atomic E-state index is 0.254. The maximum Gasteiger partial charge on any atom is 0.146 e. The number of aldehydes is 1. The standard InChI is InChI=1S/C13H16O2/c1-10(2)12(9-14)8-11-4-6-13(15-3)7-5-11/h4-10H,1-3H3/b12-8-. The number of carbonyl (C=O) groups is 1. The van der Waals surface area contributed by atoms with Crippen LogP contribution in [-0.4, -0.2) is 13.4 Å². The highest BCUT2D eigenvalue weighted by molar-refractivity contribution is 5.82. The van der Waals surface area contributed by atoms with Crippen molar-refractivity contribution in [2.45, 2.75) is 13.8 Å². The molecule has 0 amide bonds.